The van der Waals surface area contributed by atoms with Crippen molar-refractivity contribution < 1.29 is 9.53 Å². The van der Waals surface area contributed by atoms with E-state index in [2.05, 4.69) is 5.10 Å². The predicted octanol–water partition coefficient (Wildman–Crippen LogP) is 6.38. The van der Waals surface area contributed by atoms with Gasteiger partial charge in [-0.2, -0.15) is 10.1 Å². The Morgan fingerprint density at radius 3 is 2.40 bits per heavy atom. The number of rotatable bonds is 5. The van der Waals surface area contributed by atoms with Gasteiger partial charge in [0.1, 0.15) is 12.4 Å². The zero-order valence-electron chi connectivity index (χ0n) is 16.2. The van der Waals surface area contributed by atoms with Crippen LogP contribution in [-0.4, -0.2) is 11.6 Å². The lowest BCUT2D eigenvalue weighted by atomic mass is 10.1. The van der Waals surface area contributed by atoms with E-state index < -0.39 is 0 Å². The van der Waals surface area contributed by atoms with Crippen molar-refractivity contribution in [1.29, 1.82) is 0 Å². The lowest BCUT2D eigenvalue weighted by Gasteiger charge is -2.12. The van der Waals surface area contributed by atoms with E-state index in [4.69, 9.17) is 27.9 Å². The van der Waals surface area contributed by atoms with Crippen molar-refractivity contribution in [2.75, 3.05) is 5.01 Å². The van der Waals surface area contributed by atoms with E-state index >= 15 is 0 Å². The van der Waals surface area contributed by atoms with Crippen molar-refractivity contribution in [1.82, 2.24) is 0 Å². The molecule has 150 valence electrons. The standard InChI is InChI=1S/C24H18Cl2N2O2/c1-16-21(24(29)28(27-16)19-9-12-22(25)23(26)14-19)13-17-7-10-20(11-8-17)30-15-18-5-3-2-4-6-18/h2-14H,15H2,1H3. The van der Waals surface area contributed by atoms with Crippen molar-refractivity contribution in [2.45, 2.75) is 13.5 Å². The van der Waals surface area contributed by atoms with Crippen molar-refractivity contribution in [3.63, 3.8) is 0 Å². The van der Waals surface area contributed by atoms with Gasteiger partial charge in [0, 0.05) is 0 Å². The average Bonchev–Trinajstić information content (AvgIpc) is 3.04. The van der Waals surface area contributed by atoms with E-state index in [1.807, 2.05) is 60.7 Å². The average molecular weight is 437 g/mol. The number of halogens is 2. The second-order valence-corrected chi connectivity index (χ2v) is 7.62. The predicted molar refractivity (Wildman–Crippen MR) is 122 cm³/mol. The maximum Gasteiger partial charge on any atom is 0.280 e. The SMILES string of the molecule is CC1=NN(c2ccc(Cl)c(Cl)c2)C(=O)C1=Cc1ccc(OCc2ccccc2)cc1. The summed E-state index contributed by atoms with van der Waals surface area (Å²) in [5.74, 6) is 0.553. The molecule has 0 bridgehead atoms. The number of hydrogen-bond acceptors (Lipinski definition) is 3. The normalized spacial score (nSPS) is 14.9. The van der Waals surface area contributed by atoms with Crippen LogP contribution in [0, 0.1) is 0 Å². The Bertz CT molecular complexity index is 1140. The van der Waals surface area contributed by atoms with E-state index in [-0.39, 0.29) is 5.91 Å². The Morgan fingerprint density at radius 2 is 1.70 bits per heavy atom. The minimum absolute atomic E-state index is 0.213. The number of hydrazone groups is 1. The first-order valence-electron chi connectivity index (χ1n) is 9.35. The number of anilines is 1. The van der Waals surface area contributed by atoms with Crippen LogP contribution in [0.5, 0.6) is 5.75 Å². The molecule has 0 aliphatic carbocycles. The summed E-state index contributed by atoms with van der Waals surface area (Å²) in [6, 6.07) is 22.6. The highest BCUT2D eigenvalue weighted by Crippen LogP contribution is 2.31. The molecule has 0 N–H and O–H groups in total. The summed E-state index contributed by atoms with van der Waals surface area (Å²) in [7, 11) is 0. The van der Waals surface area contributed by atoms with Gasteiger partial charge in [0.2, 0.25) is 0 Å². The number of carbonyl (C=O) groups excluding carboxylic acids is 1. The van der Waals surface area contributed by atoms with Crippen LogP contribution in [0.25, 0.3) is 6.08 Å². The highest BCUT2D eigenvalue weighted by atomic mass is 35.5. The molecule has 0 saturated carbocycles. The van der Waals surface area contributed by atoms with Crippen molar-refractivity contribution in [3.05, 3.63) is 99.5 Å². The van der Waals surface area contributed by atoms with Crippen LogP contribution in [0.2, 0.25) is 10.0 Å². The van der Waals surface area contributed by atoms with Crippen LogP contribution in [0.1, 0.15) is 18.1 Å². The van der Waals surface area contributed by atoms with Gasteiger partial charge in [-0.1, -0.05) is 65.7 Å². The topological polar surface area (TPSA) is 41.9 Å². The van der Waals surface area contributed by atoms with Gasteiger partial charge in [-0.3, -0.25) is 4.79 Å². The molecular formula is C24H18Cl2N2O2. The molecule has 1 heterocycles. The number of benzene rings is 3. The summed E-state index contributed by atoms with van der Waals surface area (Å²) in [4.78, 5) is 12.9. The Kier molecular flexibility index (Phi) is 5.88. The first-order chi connectivity index (χ1) is 14.5. The Balaban J connectivity index is 1.48. The number of carbonyl (C=O) groups is 1. The van der Waals surface area contributed by atoms with Crippen molar-refractivity contribution >= 4 is 46.6 Å². The van der Waals surface area contributed by atoms with Gasteiger partial charge in [-0.05, 0) is 54.5 Å². The minimum Gasteiger partial charge on any atom is -0.489 e. The van der Waals surface area contributed by atoms with E-state index in [0.29, 0.717) is 33.6 Å². The van der Waals surface area contributed by atoms with Gasteiger partial charge >= 0.3 is 0 Å². The van der Waals surface area contributed by atoms with Crippen LogP contribution >= 0.6 is 23.2 Å². The number of nitrogens with zero attached hydrogens (tertiary/aromatic N) is 2. The number of hydrogen-bond donors (Lipinski definition) is 0. The van der Waals surface area contributed by atoms with Crippen LogP contribution in [0.3, 0.4) is 0 Å². The fourth-order valence-electron chi connectivity index (χ4n) is 3.04. The first kappa shape index (κ1) is 20.2. The van der Waals surface area contributed by atoms with E-state index in [9.17, 15) is 4.79 Å². The molecule has 0 unspecified atom stereocenters. The molecule has 1 aliphatic rings. The van der Waals surface area contributed by atoms with Crippen LogP contribution in [-0.2, 0) is 11.4 Å². The molecule has 4 rings (SSSR count). The lowest BCUT2D eigenvalue weighted by molar-refractivity contribution is -0.114. The third kappa shape index (κ3) is 4.40. The fourth-order valence-corrected chi connectivity index (χ4v) is 3.34. The molecule has 1 aliphatic heterocycles. The molecule has 0 fully saturated rings. The van der Waals surface area contributed by atoms with Crippen molar-refractivity contribution in [3.8, 4) is 5.75 Å². The van der Waals surface area contributed by atoms with Crippen LogP contribution in [0.15, 0.2) is 83.5 Å². The molecule has 0 radical (unpaired) electrons. The highest BCUT2D eigenvalue weighted by Gasteiger charge is 2.29. The Morgan fingerprint density at radius 1 is 0.967 bits per heavy atom. The zero-order chi connectivity index (χ0) is 21.1. The molecule has 30 heavy (non-hydrogen) atoms. The Labute approximate surface area is 185 Å². The molecule has 6 heteroatoms. The van der Waals surface area contributed by atoms with Gasteiger partial charge < -0.3 is 4.74 Å². The Hall–Kier alpha value is -3.08. The minimum atomic E-state index is -0.213. The summed E-state index contributed by atoms with van der Waals surface area (Å²) in [6.45, 7) is 2.31. The summed E-state index contributed by atoms with van der Waals surface area (Å²) in [6.07, 6.45) is 1.82. The first-order valence-corrected chi connectivity index (χ1v) is 10.1. The van der Waals surface area contributed by atoms with E-state index in [1.54, 1.807) is 25.1 Å². The summed E-state index contributed by atoms with van der Waals surface area (Å²) in [5, 5.41) is 6.51. The molecule has 0 saturated heterocycles. The summed E-state index contributed by atoms with van der Waals surface area (Å²) in [5.41, 5.74) is 3.72. The second-order valence-electron chi connectivity index (χ2n) is 6.80. The molecule has 0 atom stereocenters. The largest absolute Gasteiger partial charge is 0.489 e. The highest BCUT2D eigenvalue weighted by molar-refractivity contribution is 6.42. The van der Waals surface area contributed by atoms with Crippen molar-refractivity contribution in [2.24, 2.45) is 5.10 Å². The molecule has 3 aromatic rings. The third-order valence-electron chi connectivity index (χ3n) is 4.65. The van der Waals surface area contributed by atoms with E-state index in [1.165, 1.54) is 5.01 Å². The molecular weight excluding hydrogens is 419 g/mol. The molecule has 0 spiro atoms. The van der Waals surface area contributed by atoms with E-state index in [0.717, 1.165) is 16.9 Å². The number of amides is 1. The molecule has 3 aromatic carbocycles. The number of ether oxygens (including phenoxy) is 1. The van der Waals surface area contributed by atoms with Gasteiger partial charge in [0.15, 0.2) is 0 Å². The smallest absolute Gasteiger partial charge is 0.280 e. The second kappa shape index (κ2) is 8.74. The molecule has 1 amide bonds. The van der Waals surface area contributed by atoms with Crippen LogP contribution in [0.4, 0.5) is 5.69 Å². The zero-order valence-corrected chi connectivity index (χ0v) is 17.7. The molecule has 0 aromatic heterocycles. The maximum absolute atomic E-state index is 12.9. The van der Waals surface area contributed by atoms with Crippen LogP contribution < -0.4 is 9.75 Å². The quantitative estimate of drug-likeness (QED) is 0.435. The third-order valence-corrected chi connectivity index (χ3v) is 5.39. The lowest BCUT2D eigenvalue weighted by Crippen LogP contribution is -2.21. The van der Waals surface area contributed by atoms with Gasteiger partial charge in [0.05, 0.1) is 27.0 Å². The maximum atomic E-state index is 12.9. The fraction of sp³-hybridized carbons (Fsp3) is 0.0833. The summed E-state index contributed by atoms with van der Waals surface area (Å²) >= 11 is 12.0. The van der Waals surface area contributed by atoms with Gasteiger partial charge in [-0.15, -0.1) is 0 Å². The molecule has 4 nitrogen and oxygen atoms in total. The summed E-state index contributed by atoms with van der Waals surface area (Å²) < 4.78 is 5.81. The monoisotopic (exact) mass is 436 g/mol. The van der Waals surface area contributed by atoms with Gasteiger partial charge in [-0.25, -0.2) is 0 Å². The van der Waals surface area contributed by atoms with Gasteiger partial charge in [0.25, 0.3) is 5.91 Å².